The van der Waals surface area contributed by atoms with Gasteiger partial charge in [-0.2, -0.15) is 0 Å². The quantitative estimate of drug-likeness (QED) is 0.661. The van der Waals surface area contributed by atoms with Crippen molar-refractivity contribution in [3.63, 3.8) is 0 Å². The van der Waals surface area contributed by atoms with Crippen molar-refractivity contribution in [3.8, 4) is 0 Å². The van der Waals surface area contributed by atoms with Gasteiger partial charge in [-0.1, -0.05) is 50.8 Å². The average molecular weight is 259 g/mol. The Hall–Kier alpha value is -1.15. The second-order valence-electron chi connectivity index (χ2n) is 5.72. The van der Waals surface area contributed by atoms with Crippen molar-refractivity contribution in [3.05, 3.63) is 35.4 Å². The summed E-state index contributed by atoms with van der Waals surface area (Å²) in [7, 11) is 0. The van der Waals surface area contributed by atoms with Crippen molar-refractivity contribution in [1.29, 1.82) is 0 Å². The van der Waals surface area contributed by atoms with Gasteiger partial charge in [-0.25, -0.2) is 0 Å². The van der Waals surface area contributed by atoms with Gasteiger partial charge in [0.2, 0.25) is 0 Å². The molecular formula is C17H25NO. The highest BCUT2D eigenvalue weighted by atomic mass is 16.1. The minimum Gasteiger partial charge on any atom is -0.327 e. The Balaban J connectivity index is 2.15. The van der Waals surface area contributed by atoms with E-state index in [1.165, 1.54) is 18.4 Å². The maximum absolute atomic E-state index is 12.6. The van der Waals surface area contributed by atoms with Crippen molar-refractivity contribution < 1.29 is 4.79 Å². The molecule has 1 aliphatic carbocycles. The zero-order valence-corrected chi connectivity index (χ0v) is 11.9. The Kier molecular flexibility index (Phi) is 5.15. The van der Waals surface area contributed by atoms with Crippen LogP contribution in [0.4, 0.5) is 0 Å². The Labute approximate surface area is 116 Å². The van der Waals surface area contributed by atoms with Crippen LogP contribution in [0.2, 0.25) is 0 Å². The summed E-state index contributed by atoms with van der Waals surface area (Å²) >= 11 is 0. The van der Waals surface area contributed by atoms with Crippen LogP contribution in [-0.2, 0) is 6.42 Å². The number of carbonyl (C=O) groups is 1. The topological polar surface area (TPSA) is 43.1 Å². The van der Waals surface area contributed by atoms with Crippen LogP contribution in [0.3, 0.4) is 0 Å². The lowest BCUT2D eigenvalue weighted by atomic mass is 9.87. The molecule has 0 amide bonds. The molecule has 1 saturated carbocycles. The Bertz CT molecular complexity index is 427. The lowest BCUT2D eigenvalue weighted by Gasteiger charge is -2.20. The highest BCUT2D eigenvalue weighted by Gasteiger charge is 2.27. The maximum atomic E-state index is 12.6. The zero-order chi connectivity index (χ0) is 13.7. The number of Topliss-reactive ketones (excluding diaryl/α,β-unsaturated/α-hetero) is 1. The van der Waals surface area contributed by atoms with E-state index in [2.05, 4.69) is 19.1 Å². The average Bonchev–Trinajstić information content (AvgIpc) is 2.63. The monoisotopic (exact) mass is 259 g/mol. The highest BCUT2D eigenvalue weighted by molar-refractivity contribution is 5.98. The molecule has 2 atom stereocenters. The molecule has 0 heterocycles. The molecule has 19 heavy (non-hydrogen) atoms. The van der Waals surface area contributed by atoms with Gasteiger partial charge in [-0.05, 0) is 30.9 Å². The molecule has 2 rings (SSSR count). The minimum atomic E-state index is 0.0272. The van der Waals surface area contributed by atoms with Crippen molar-refractivity contribution in [2.75, 3.05) is 0 Å². The van der Waals surface area contributed by atoms with Crippen LogP contribution in [0.1, 0.15) is 61.4 Å². The van der Waals surface area contributed by atoms with Crippen LogP contribution in [0.5, 0.6) is 0 Å². The number of ketones is 1. The first kappa shape index (κ1) is 14.3. The fourth-order valence-corrected chi connectivity index (χ4v) is 3.04. The number of hydrogen-bond donors (Lipinski definition) is 1. The molecule has 0 aromatic heterocycles. The van der Waals surface area contributed by atoms with E-state index in [1.807, 2.05) is 12.1 Å². The van der Waals surface area contributed by atoms with Crippen molar-refractivity contribution >= 4 is 5.78 Å². The molecule has 2 nitrogen and oxygen atoms in total. The van der Waals surface area contributed by atoms with E-state index in [1.54, 1.807) is 0 Å². The highest BCUT2D eigenvalue weighted by Crippen LogP contribution is 2.26. The van der Waals surface area contributed by atoms with Crippen LogP contribution < -0.4 is 5.73 Å². The molecule has 0 saturated heterocycles. The molecule has 1 aromatic rings. The summed E-state index contributed by atoms with van der Waals surface area (Å²) in [6.45, 7) is 2.16. The van der Waals surface area contributed by atoms with Gasteiger partial charge in [0.05, 0.1) is 0 Å². The Morgan fingerprint density at radius 1 is 1.26 bits per heavy atom. The van der Waals surface area contributed by atoms with Crippen LogP contribution in [-0.4, -0.2) is 11.8 Å². The molecular weight excluding hydrogens is 234 g/mol. The number of nitrogens with two attached hydrogens (primary N) is 1. The predicted molar refractivity (Wildman–Crippen MR) is 79.3 cm³/mol. The molecule has 104 valence electrons. The van der Waals surface area contributed by atoms with Gasteiger partial charge in [-0.3, -0.25) is 4.79 Å². The summed E-state index contributed by atoms with van der Waals surface area (Å²) in [5.41, 5.74) is 8.31. The molecule has 2 N–H and O–H groups in total. The third-order valence-electron chi connectivity index (χ3n) is 4.16. The molecule has 1 aliphatic rings. The van der Waals surface area contributed by atoms with E-state index in [9.17, 15) is 4.79 Å². The summed E-state index contributed by atoms with van der Waals surface area (Å²) in [4.78, 5) is 12.6. The van der Waals surface area contributed by atoms with Gasteiger partial charge in [-0.15, -0.1) is 0 Å². The van der Waals surface area contributed by atoms with Gasteiger partial charge in [0.25, 0.3) is 0 Å². The van der Waals surface area contributed by atoms with Gasteiger partial charge in [0.1, 0.15) is 0 Å². The van der Waals surface area contributed by atoms with E-state index >= 15 is 0 Å². The van der Waals surface area contributed by atoms with Gasteiger partial charge in [0, 0.05) is 17.5 Å². The third-order valence-corrected chi connectivity index (χ3v) is 4.16. The van der Waals surface area contributed by atoms with E-state index in [-0.39, 0.29) is 17.7 Å². The fourth-order valence-electron chi connectivity index (χ4n) is 3.04. The van der Waals surface area contributed by atoms with E-state index < -0.39 is 0 Å². The first-order chi connectivity index (χ1) is 9.22. The number of aryl methyl sites for hydroxylation is 1. The van der Waals surface area contributed by atoms with Crippen LogP contribution in [0.25, 0.3) is 0 Å². The summed E-state index contributed by atoms with van der Waals surface area (Å²) in [5, 5.41) is 0. The molecule has 0 aliphatic heterocycles. The molecule has 1 fully saturated rings. The summed E-state index contributed by atoms with van der Waals surface area (Å²) in [6, 6.07) is 8.15. The molecule has 0 bridgehead atoms. The lowest BCUT2D eigenvalue weighted by molar-refractivity contribution is 0.0894. The Morgan fingerprint density at radius 3 is 2.84 bits per heavy atom. The largest absolute Gasteiger partial charge is 0.327 e. The first-order valence-corrected chi connectivity index (χ1v) is 7.61. The van der Waals surface area contributed by atoms with E-state index in [4.69, 9.17) is 5.73 Å². The SMILES string of the molecule is CCCc1cccc(C(=O)C2CCCCCC2N)c1. The fraction of sp³-hybridized carbons (Fsp3) is 0.588. The third kappa shape index (κ3) is 3.66. The smallest absolute Gasteiger partial charge is 0.167 e. The number of carbonyl (C=O) groups excluding carboxylic acids is 1. The summed E-state index contributed by atoms with van der Waals surface area (Å²) in [6.07, 6.45) is 7.62. The predicted octanol–water partition coefficient (Wildman–Crippen LogP) is 3.73. The number of benzene rings is 1. The van der Waals surface area contributed by atoms with Gasteiger partial charge in [0.15, 0.2) is 5.78 Å². The lowest BCUT2D eigenvalue weighted by Crippen LogP contribution is -2.34. The van der Waals surface area contributed by atoms with Crippen molar-refractivity contribution in [2.45, 2.75) is 57.9 Å². The standard InChI is InChI=1S/C17H25NO/c1-2-7-13-8-6-9-14(12-13)17(19)15-10-4-3-5-11-16(15)18/h6,8-9,12,15-16H,2-5,7,10-11,18H2,1H3. The number of hydrogen-bond acceptors (Lipinski definition) is 2. The summed E-state index contributed by atoms with van der Waals surface area (Å²) in [5.74, 6) is 0.284. The molecule has 2 heteroatoms. The summed E-state index contributed by atoms with van der Waals surface area (Å²) < 4.78 is 0. The minimum absolute atomic E-state index is 0.0272. The maximum Gasteiger partial charge on any atom is 0.167 e. The second kappa shape index (κ2) is 6.85. The first-order valence-electron chi connectivity index (χ1n) is 7.61. The zero-order valence-electron chi connectivity index (χ0n) is 11.9. The van der Waals surface area contributed by atoms with Crippen molar-refractivity contribution in [1.82, 2.24) is 0 Å². The van der Waals surface area contributed by atoms with Gasteiger partial charge < -0.3 is 5.73 Å². The van der Waals surface area contributed by atoms with Crippen LogP contribution in [0, 0.1) is 5.92 Å². The van der Waals surface area contributed by atoms with E-state index in [0.717, 1.165) is 37.7 Å². The van der Waals surface area contributed by atoms with Crippen molar-refractivity contribution in [2.24, 2.45) is 11.7 Å². The molecule has 2 unspecified atom stereocenters. The molecule has 0 radical (unpaired) electrons. The van der Waals surface area contributed by atoms with Crippen LogP contribution in [0.15, 0.2) is 24.3 Å². The van der Waals surface area contributed by atoms with Gasteiger partial charge >= 0.3 is 0 Å². The molecule has 0 spiro atoms. The molecule has 1 aromatic carbocycles. The number of rotatable bonds is 4. The second-order valence-corrected chi connectivity index (χ2v) is 5.72. The van der Waals surface area contributed by atoms with E-state index in [0.29, 0.717) is 0 Å². The normalized spacial score (nSPS) is 23.9. The Morgan fingerprint density at radius 2 is 2.05 bits per heavy atom. The van der Waals surface area contributed by atoms with Crippen LogP contribution >= 0.6 is 0 Å².